The Morgan fingerprint density at radius 3 is 2.86 bits per heavy atom. The van der Waals surface area contributed by atoms with Gasteiger partial charge in [-0.3, -0.25) is 0 Å². The van der Waals surface area contributed by atoms with Crippen LogP contribution in [0, 0.1) is 0 Å². The molecule has 0 radical (unpaired) electrons. The first-order valence-corrected chi connectivity index (χ1v) is 8.64. The van der Waals surface area contributed by atoms with E-state index in [1.807, 2.05) is 18.2 Å². The maximum atomic E-state index is 5.37. The SMILES string of the molecule is CCNC(=NCc1ccccc1OC)NCC1CCCS1.I. The van der Waals surface area contributed by atoms with Crippen molar-refractivity contribution in [1.82, 2.24) is 10.6 Å². The lowest BCUT2D eigenvalue weighted by atomic mass is 10.2. The summed E-state index contributed by atoms with van der Waals surface area (Å²) >= 11 is 2.06. The van der Waals surface area contributed by atoms with E-state index in [0.717, 1.165) is 35.6 Å². The molecule has 1 aliphatic heterocycles. The van der Waals surface area contributed by atoms with Crippen molar-refractivity contribution in [3.63, 3.8) is 0 Å². The molecule has 0 bridgehead atoms. The molecule has 2 rings (SSSR count). The molecular formula is C16H26IN3OS. The highest BCUT2D eigenvalue weighted by molar-refractivity contribution is 14.0. The Bertz CT molecular complexity index is 464. The van der Waals surface area contributed by atoms with Gasteiger partial charge in [0.2, 0.25) is 0 Å². The Kier molecular flexibility index (Phi) is 9.70. The van der Waals surface area contributed by atoms with E-state index in [1.54, 1.807) is 7.11 Å². The number of thioether (sulfide) groups is 1. The number of hydrogen-bond donors (Lipinski definition) is 2. The highest BCUT2D eigenvalue weighted by Crippen LogP contribution is 2.25. The molecule has 1 unspecified atom stereocenters. The zero-order valence-corrected chi connectivity index (χ0v) is 16.4. The van der Waals surface area contributed by atoms with Gasteiger partial charge in [-0.1, -0.05) is 18.2 Å². The fourth-order valence-corrected chi connectivity index (χ4v) is 3.56. The first kappa shape index (κ1) is 19.4. The minimum Gasteiger partial charge on any atom is -0.496 e. The number of hydrogen-bond acceptors (Lipinski definition) is 3. The summed E-state index contributed by atoms with van der Waals surface area (Å²) < 4.78 is 5.37. The zero-order chi connectivity index (χ0) is 14.9. The molecule has 0 amide bonds. The summed E-state index contributed by atoms with van der Waals surface area (Å²) in [5, 5.41) is 7.47. The maximum absolute atomic E-state index is 5.37. The van der Waals surface area contributed by atoms with E-state index in [-0.39, 0.29) is 24.0 Å². The second-order valence-corrected chi connectivity index (χ2v) is 6.43. The van der Waals surface area contributed by atoms with Crippen molar-refractivity contribution in [3.8, 4) is 5.75 Å². The fraction of sp³-hybridized carbons (Fsp3) is 0.562. The number of guanidine groups is 1. The number of nitrogens with one attached hydrogen (secondary N) is 2. The lowest BCUT2D eigenvalue weighted by Gasteiger charge is -2.14. The molecule has 1 atom stereocenters. The highest BCUT2D eigenvalue weighted by atomic mass is 127. The zero-order valence-electron chi connectivity index (χ0n) is 13.3. The van der Waals surface area contributed by atoms with E-state index in [0.29, 0.717) is 6.54 Å². The molecule has 1 fully saturated rings. The highest BCUT2D eigenvalue weighted by Gasteiger charge is 2.15. The van der Waals surface area contributed by atoms with Gasteiger partial charge in [-0.2, -0.15) is 11.8 Å². The quantitative estimate of drug-likeness (QED) is 0.409. The number of methoxy groups -OCH3 is 1. The number of rotatable bonds is 6. The van der Waals surface area contributed by atoms with Crippen LogP contribution in [0.5, 0.6) is 5.75 Å². The summed E-state index contributed by atoms with van der Waals surface area (Å²) in [5.74, 6) is 3.07. The van der Waals surface area contributed by atoms with Crippen LogP contribution in [0.25, 0.3) is 0 Å². The van der Waals surface area contributed by atoms with Crippen molar-refractivity contribution in [3.05, 3.63) is 29.8 Å². The van der Waals surface area contributed by atoms with Gasteiger partial charge in [-0.25, -0.2) is 4.99 Å². The first-order chi connectivity index (χ1) is 10.3. The number of ether oxygens (including phenoxy) is 1. The van der Waals surface area contributed by atoms with Crippen molar-refractivity contribution < 1.29 is 4.74 Å². The summed E-state index contributed by atoms with van der Waals surface area (Å²) in [6.45, 7) is 4.57. The average molecular weight is 435 g/mol. The van der Waals surface area contributed by atoms with Crippen LogP contribution in [-0.4, -0.2) is 37.2 Å². The van der Waals surface area contributed by atoms with E-state index in [9.17, 15) is 0 Å². The Labute approximate surface area is 154 Å². The van der Waals surface area contributed by atoms with Crippen LogP contribution in [0.2, 0.25) is 0 Å². The van der Waals surface area contributed by atoms with Crippen molar-refractivity contribution in [1.29, 1.82) is 0 Å². The van der Waals surface area contributed by atoms with Gasteiger partial charge in [0.25, 0.3) is 0 Å². The van der Waals surface area contributed by atoms with Crippen molar-refractivity contribution in [2.24, 2.45) is 4.99 Å². The molecule has 22 heavy (non-hydrogen) atoms. The van der Waals surface area contributed by atoms with Gasteiger partial charge < -0.3 is 15.4 Å². The number of para-hydroxylation sites is 1. The van der Waals surface area contributed by atoms with Gasteiger partial charge in [0.15, 0.2) is 5.96 Å². The standard InChI is InChI=1S/C16H25N3OS.HI/c1-3-17-16(19-12-14-8-6-10-21-14)18-11-13-7-4-5-9-15(13)20-2;/h4-5,7,9,14H,3,6,8,10-12H2,1-2H3,(H2,17,18,19);1H. The van der Waals surface area contributed by atoms with Crippen LogP contribution in [0.15, 0.2) is 29.3 Å². The van der Waals surface area contributed by atoms with Crippen LogP contribution in [0.1, 0.15) is 25.3 Å². The molecule has 1 heterocycles. The van der Waals surface area contributed by atoms with Crippen molar-refractivity contribution in [2.75, 3.05) is 26.0 Å². The molecule has 124 valence electrons. The Hall–Kier alpha value is -0.630. The first-order valence-electron chi connectivity index (χ1n) is 7.59. The molecule has 1 saturated heterocycles. The van der Waals surface area contributed by atoms with Crippen LogP contribution >= 0.6 is 35.7 Å². The van der Waals surface area contributed by atoms with E-state index in [1.165, 1.54) is 18.6 Å². The molecule has 2 N–H and O–H groups in total. The Morgan fingerprint density at radius 2 is 2.18 bits per heavy atom. The Balaban J connectivity index is 0.00000242. The van der Waals surface area contributed by atoms with E-state index >= 15 is 0 Å². The van der Waals surface area contributed by atoms with Crippen molar-refractivity contribution in [2.45, 2.75) is 31.6 Å². The van der Waals surface area contributed by atoms with Crippen LogP contribution in [0.4, 0.5) is 0 Å². The molecule has 0 spiro atoms. The van der Waals surface area contributed by atoms with E-state index in [2.05, 4.69) is 40.4 Å². The van der Waals surface area contributed by atoms with Crippen LogP contribution < -0.4 is 15.4 Å². The maximum Gasteiger partial charge on any atom is 0.191 e. The molecule has 6 heteroatoms. The minimum absolute atomic E-state index is 0. The monoisotopic (exact) mass is 435 g/mol. The fourth-order valence-electron chi connectivity index (χ4n) is 2.36. The number of benzene rings is 1. The number of nitrogens with zero attached hydrogens (tertiary/aromatic N) is 1. The lowest BCUT2D eigenvalue weighted by Crippen LogP contribution is -2.40. The second kappa shape index (κ2) is 11.0. The van der Waals surface area contributed by atoms with Crippen LogP contribution in [0.3, 0.4) is 0 Å². The summed E-state index contributed by atoms with van der Waals surface area (Å²) in [6.07, 6.45) is 2.65. The van der Waals surface area contributed by atoms with Crippen molar-refractivity contribution >= 4 is 41.7 Å². The minimum atomic E-state index is 0. The third-order valence-corrected chi connectivity index (χ3v) is 4.86. The van der Waals surface area contributed by atoms with Gasteiger partial charge in [-0.15, -0.1) is 24.0 Å². The van der Waals surface area contributed by atoms with Crippen LogP contribution in [-0.2, 0) is 6.54 Å². The third-order valence-electron chi connectivity index (χ3n) is 3.47. The predicted molar refractivity (Wildman–Crippen MR) is 107 cm³/mol. The summed E-state index contributed by atoms with van der Waals surface area (Å²) in [5.41, 5.74) is 1.10. The molecule has 0 aromatic heterocycles. The van der Waals surface area contributed by atoms with Gasteiger partial charge in [0, 0.05) is 23.9 Å². The second-order valence-electron chi connectivity index (χ2n) is 5.02. The predicted octanol–water partition coefficient (Wildman–Crippen LogP) is 3.26. The number of aliphatic imine (C=N–C) groups is 1. The molecule has 0 saturated carbocycles. The van der Waals surface area contributed by atoms with E-state index < -0.39 is 0 Å². The third kappa shape index (κ3) is 6.24. The van der Waals surface area contributed by atoms with Gasteiger partial charge in [0.1, 0.15) is 5.75 Å². The average Bonchev–Trinajstić information content (AvgIpc) is 3.03. The summed E-state index contributed by atoms with van der Waals surface area (Å²) in [7, 11) is 1.70. The van der Waals surface area contributed by atoms with Gasteiger partial charge in [-0.05, 0) is 31.6 Å². The molecule has 4 nitrogen and oxygen atoms in total. The molecule has 0 aliphatic carbocycles. The van der Waals surface area contributed by atoms with E-state index in [4.69, 9.17) is 4.74 Å². The summed E-state index contributed by atoms with van der Waals surface area (Å²) in [4.78, 5) is 4.66. The smallest absolute Gasteiger partial charge is 0.191 e. The molecule has 1 aromatic carbocycles. The normalized spacial score (nSPS) is 17.7. The Morgan fingerprint density at radius 1 is 1.36 bits per heavy atom. The van der Waals surface area contributed by atoms with Gasteiger partial charge in [0.05, 0.1) is 13.7 Å². The van der Waals surface area contributed by atoms with Gasteiger partial charge >= 0.3 is 0 Å². The molecule has 1 aliphatic rings. The summed E-state index contributed by atoms with van der Waals surface area (Å²) in [6, 6.07) is 8.02. The largest absolute Gasteiger partial charge is 0.496 e. The topological polar surface area (TPSA) is 45.7 Å². The molecular weight excluding hydrogens is 409 g/mol. The lowest BCUT2D eigenvalue weighted by molar-refractivity contribution is 0.410. The molecule has 1 aromatic rings. The number of halogens is 1.